The quantitative estimate of drug-likeness (QED) is 0.713. The molecule has 0 aliphatic heterocycles. The van der Waals surface area contributed by atoms with Crippen molar-refractivity contribution in [2.45, 2.75) is 57.8 Å². The van der Waals surface area contributed by atoms with Crippen molar-refractivity contribution in [3.8, 4) is 0 Å². The molecule has 1 aliphatic rings. The van der Waals surface area contributed by atoms with Crippen LogP contribution >= 0.6 is 0 Å². The SMILES string of the molecule is COC(=O)C1CCC(OCC(O)COC(C)C)CC1. The van der Waals surface area contributed by atoms with E-state index < -0.39 is 6.10 Å². The average Bonchev–Trinajstić information content (AvgIpc) is 2.42. The minimum atomic E-state index is -0.583. The second-order valence-corrected chi connectivity index (χ2v) is 5.37. The van der Waals surface area contributed by atoms with Gasteiger partial charge in [-0.2, -0.15) is 0 Å². The summed E-state index contributed by atoms with van der Waals surface area (Å²) in [6.07, 6.45) is 2.96. The van der Waals surface area contributed by atoms with E-state index in [0.717, 1.165) is 25.7 Å². The van der Waals surface area contributed by atoms with Crippen molar-refractivity contribution in [1.82, 2.24) is 0 Å². The highest BCUT2D eigenvalue weighted by Crippen LogP contribution is 2.27. The molecule has 0 aromatic rings. The third-order valence-electron chi connectivity index (χ3n) is 3.35. The van der Waals surface area contributed by atoms with E-state index in [0.29, 0.717) is 13.2 Å². The van der Waals surface area contributed by atoms with Gasteiger partial charge in [0, 0.05) is 0 Å². The molecule has 0 amide bonds. The molecule has 1 unspecified atom stereocenters. The first kappa shape index (κ1) is 16.4. The van der Waals surface area contributed by atoms with Gasteiger partial charge in [0.15, 0.2) is 0 Å². The molecule has 1 rings (SSSR count). The summed E-state index contributed by atoms with van der Waals surface area (Å²) >= 11 is 0. The number of rotatable bonds is 7. The first-order valence-electron chi connectivity index (χ1n) is 7.02. The third kappa shape index (κ3) is 6.36. The monoisotopic (exact) mass is 274 g/mol. The lowest BCUT2D eigenvalue weighted by molar-refractivity contribution is -0.147. The van der Waals surface area contributed by atoms with Crippen molar-refractivity contribution < 1.29 is 24.1 Å². The van der Waals surface area contributed by atoms with Gasteiger partial charge in [0.1, 0.15) is 6.10 Å². The van der Waals surface area contributed by atoms with E-state index in [1.54, 1.807) is 0 Å². The van der Waals surface area contributed by atoms with Crippen LogP contribution in [-0.4, -0.2) is 49.7 Å². The van der Waals surface area contributed by atoms with E-state index in [4.69, 9.17) is 14.2 Å². The van der Waals surface area contributed by atoms with E-state index >= 15 is 0 Å². The lowest BCUT2D eigenvalue weighted by Crippen LogP contribution is -2.31. The maximum absolute atomic E-state index is 11.4. The number of methoxy groups -OCH3 is 1. The fourth-order valence-electron chi connectivity index (χ4n) is 2.23. The Labute approximate surface area is 115 Å². The third-order valence-corrected chi connectivity index (χ3v) is 3.35. The highest BCUT2D eigenvalue weighted by molar-refractivity contribution is 5.72. The zero-order valence-electron chi connectivity index (χ0n) is 12.1. The molecule has 5 nitrogen and oxygen atoms in total. The molecule has 0 saturated heterocycles. The van der Waals surface area contributed by atoms with Gasteiger partial charge in [0.2, 0.25) is 0 Å². The first-order chi connectivity index (χ1) is 9.02. The van der Waals surface area contributed by atoms with E-state index in [2.05, 4.69) is 0 Å². The second-order valence-electron chi connectivity index (χ2n) is 5.37. The lowest BCUT2D eigenvalue weighted by atomic mass is 9.87. The van der Waals surface area contributed by atoms with Crippen LogP contribution < -0.4 is 0 Å². The fourth-order valence-corrected chi connectivity index (χ4v) is 2.23. The summed E-state index contributed by atoms with van der Waals surface area (Å²) in [6.45, 7) is 4.46. The zero-order valence-corrected chi connectivity index (χ0v) is 12.1. The van der Waals surface area contributed by atoms with Gasteiger partial charge >= 0.3 is 5.97 Å². The predicted molar refractivity (Wildman–Crippen MR) is 70.8 cm³/mol. The van der Waals surface area contributed by atoms with E-state index in [1.807, 2.05) is 13.8 Å². The molecule has 1 saturated carbocycles. The Bertz CT molecular complexity index is 259. The van der Waals surface area contributed by atoms with Gasteiger partial charge in [0.05, 0.1) is 38.4 Å². The summed E-state index contributed by atoms with van der Waals surface area (Å²) in [7, 11) is 1.43. The largest absolute Gasteiger partial charge is 0.469 e. The van der Waals surface area contributed by atoms with E-state index in [1.165, 1.54) is 7.11 Å². The molecule has 0 bridgehead atoms. The number of carbonyl (C=O) groups is 1. The van der Waals surface area contributed by atoms with Crippen LogP contribution in [0, 0.1) is 5.92 Å². The van der Waals surface area contributed by atoms with Crippen molar-refractivity contribution in [2.75, 3.05) is 20.3 Å². The summed E-state index contributed by atoms with van der Waals surface area (Å²) in [5.74, 6) is -0.108. The van der Waals surface area contributed by atoms with Crippen LogP contribution in [0.5, 0.6) is 0 Å². The summed E-state index contributed by atoms with van der Waals surface area (Å²) in [4.78, 5) is 11.4. The van der Waals surface area contributed by atoms with Crippen LogP contribution in [0.1, 0.15) is 39.5 Å². The molecular formula is C14H26O5. The first-order valence-corrected chi connectivity index (χ1v) is 7.02. The summed E-state index contributed by atoms with van der Waals surface area (Å²) < 4.78 is 15.7. The Morgan fingerprint density at radius 3 is 2.37 bits per heavy atom. The zero-order chi connectivity index (χ0) is 14.3. The molecule has 0 aromatic heterocycles. The van der Waals surface area contributed by atoms with Crippen LogP contribution in [0.15, 0.2) is 0 Å². The number of aliphatic hydroxyl groups excluding tert-OH is 1. The standard InChI is InChI=1S/C14H26O5/c1-10(2)18-8-12(15)9-19-13-6-4-11(5-7-13)14(16)17-3/h10-13,15H,4-9H2,1-3H3. The van der Waals surface area contributed by atoms with Gasteiger partial charge in [0.25, 0.3) is 0 Å². The minimum Gasteiger partial charge on any atom is -0.469 e. The molecule has 1 N–H and O–H groups in total. The predicted octanol–water partition coefficient (Wildman–Crippen LogP) is 1.52. The molecule has 1 fully saturated rings. The molecule has 1 atom stereocenters. The van der Waals surface area contributed by atoms with Crippen molar-refractivity contribution in [3.05, 3.63) is 0 Å². The highest BCUT2D eigenvalue weighted by atomic mass is 16.5. The van der Waals surface area contributed by atoms with E-state index in [9.17, 15) is 9.90 Å². The Morgan fingerprint density at radius 2 is 1.84 bits per heavy atom. The molecule has 0 spiro atoms. The van der Waals surface area contributed by atoms with Crippen LogP contribution in [-0.2, 0) is 19.0 Å². The van der Waals surface area contributed by atoms with Crippen molar-refractivity contribution in [3.63, 3.8) is 0 Å². The minimum absolute atomic E-state index is 0.0130. The lowest BCUT2D eigenvalue weighted by Gasteiger charge is -2.27. The second kappa shape index (κ2) is 8.51. The van der Waals surface area contributed by atoms with Crippen LogP contribution in [0.4, 0.5) is 0 Å². The highest BCUT2D eigenvalue weighted by Gasteiger charge is 2.27. The molecule has 0 aromatic carbocycles. The number of hydrogen-bond acceptors (Lipinski definition) is 5. The number of ether oxygens (including phenoxy) is 3. The molecule has 5 heteroatoms. The average molecular weight is 274 g/mol. The van der Waals surface area contributed by atoms with Crippen LogP contribution in [0.3, 0.4) is 0 Å². The molecule has 0 heterocycles. The topological polar surface area (TPSA) is 65.0 Å². The Balaban J connectivity index is 2.14. The van der Waals surface area contributed by atoms with Gasteiger partial charge in [-0.3, -0.25) is 4.79 Å². The molecule has 1 aliphatic carbocycles. The molecule has 19 heavy (non-hydrogen) atoms. The maximum Gasteiger partial charge on any atom is 0.308 e. The summed E-state index contributed by atoms with van der Waals surface area (Å²) in [5, 5.41) is 9.68. The maximum atomic E-state index is 11.4. The summed E-state index contributed by atoms with van der Waals surface area (Å²) in [5.41, 5.74) is 0. The normalized spacial score (nSPS) is 25.3. The fraction of sp³-hybridized carbons (Fsp3) is 0.929. The van der Waals surface area contributed by atoms with Gasteiger partial charge in [-0.25, -0.2) is 0 Å². The van der Waals surface area contributed by atoms with Gasteiger partial charge in [-0.15, -0.1) is 0 Å². The van der Waals surface area contributed by atoms with Gasteiger partial charge in [-0.1, -0.05) is 0 Å². The molecule has 112 valence electrons. The number of hydrogen-bond donors (Lipinski definition) is 1. The van der Waals surface area contributed by atoms with Gasteiger partial charge < -0.3 is 19.3 Å². The number of aliphatic hydroxyl groups is 1. The van der Waals surface area contributed by atoms with Gasteiger partial charge in [-0.05, 0) is 39.5 Å². The Morgan fingerprint density at radius 1 is 1.21 bits per heavy atom. The van der Waals surface area contributed by atoms with E-state index in [-0.39, 0.29) is 24.1 Å². The number of carbonyl (C=O) groups excluding carboxylic acids is 1. The summed E-state index contributed by atoms with van der Waals surface area (Å²) in [6, 6.07) is 0. The van der Waals surface area contributed by atoms with Crippen LogP contribution in [0.2, 0.25) is 0 Å². The van der Waals surface area contributed by atoms with Crippen molar-refractivity contribution in [1.29, 1.82) is 0 Å². The van der Waals surface area contributed by atoms with Crippen molar-refractivity contribution >= 4 is 5.97 Å². The Kier molecular flexibility index (Phi) is 7.34. The Hall–Kier alpha value is -0.650. The number of esters is 1. The van der Waals surface area contributed by atoms with Crippen LogP contribution in [0.25, 0.3) is 0 Å². The van der Waals surface area contributed by atoms with Crippen molar-refractivity contribution in [2.24, 2.45) is 5.92 Å². The smallest absolute Gasteiger partial charge is 0.308 e. The molecule has 0 radical (unpaired) electrons. The molecular weight excluding hydrogens is 248 g/mol.